The zero-order chi connectivity index (χ0) is 20.6. The van der Waals surface area contributed by atoms with Crippen LogP contribution >= 0.6 is 0 Å². The van der Waals surface area contributed by atoms with E-state index < -0.39 is 0 Å². The van der Waals surface area contributed by atoms with Crippen molar-refractivity contribution >= 4 is 11.7 Å². The van der Waals surface area contributed by atoms with Crippen molar-refractivity contribution < 1.29 is 23.7 Å². The lowest BCUT2D eigenvalue weighted by atomic mass is 10.1. The molecule has 1 aliphatic carbocycles. The fourth-order valence-electron chi connectivity index (χ4n) is 3.47. The number of methoxy groups -OCH3 is 3. The normalized spacial score (nSPS) is 13.6. The van der Waals surface area contributed by atoms with E-state index in [-0.39, 0.29) is 12.6 Å². The van der Waals surface area contributed by atoms with Gasteiger partial charge in [0.1, 0.15) is 5.75 Å². The lowest BCUT2D eigenvalue weighted by molar-refractivity contribution is 0.210. The summed E-state index contributed by atoms with van der Waals surface area (Å²) < 4.78 is 22.0. The van der Waals surface area contributed by atoms with Crippen LogP contribution < -0.4 is 29.6 Å². The van der Waals surface area contributed by atoms with Gasteiger partial charge in [0.15, 0.2) is 11.5 Å². The standard InChI is InChI=1S/C22H28N2O5/c1-26-19-13-8-15(20(27-2)21(19)28-3)14-23-22(25)24-16-9-11-18(12-10-16)29-17-6-4-5-7-17/h8-13,17H,4-7,14H2,1-3H3,(H2,23,24,25). The maximum atomic E-state index is 12.3. The second-order valence-corrected chi connectivity index (χ2v) is 6.85. The molecule has 0 heterocycles. The van der Waals surface area contributed by atoms with Crippen LogP contribution in [0.3, 0.4) is 0 Å². The lowest BCUT2D eigenvalue weighted by Crippen LogP contribution is -2.28. The summed E-state index contributed by atoms with van der Waals surface area (Å²) in [5.41, 5.74) is 1.47. The lowest BCUT2D eigenvalue weighted by Gasteiger charge is -2.16. The van der Waals surface area contributed by atoms with Crippen LogP contribution in [0.2, 0.25) is 0 Å². The molecule has 0 radical (unpaired) electrons. The molecule has 7 nitrogen and oxygen atoms in total. The first-order chi connectivity index (χ1) is 14.1. The molecule has 0 unspecified atom stereocenters. The highest BCUT2D eigenvalue weighted by molar-refractivity contribution is 5.89. The van der Waals surface area contributed by atoms with Gasteiger partial charge in [-0.3, -0.25) is 0 Å². The van der Waals surface area contributed by atoms with Gasteiger partial charge in [-0.1, -0.05) is 0 Å². The van der Waals surface area contributed by atoms with E-state index in [9.17, 15) is 4.79 Å². The number of hydrogen-bond acceptors (Lipinski definition) is 5. The minimum absolute atomic E-state index is 0.276. The van der Waals surface area contributed by atoms with Crippen LogP contribution in [0.25, 0.3) is 0 Å². The molecule has 0 aliphatic heterocycles. The van der Waals surface area contributed by atoms with Gasteiger partial charge >= 0.3 is 6.03 Å². The molecule has 0 aromatic heterocycles. The maximum absolute atomic E-state index is 12.3. The van der Waals surface area contributed by atoms with Gasteiger partial charge in [-0.15, -0.1) is 0 Å². The number of carbonyl (C=O) groups is 1. The Morgan fingerprint density at radius 2 is 1.62 bits per heavy atom. The van der Waals surface area contributed by atoms with Crippen LogP contribution in [-0.4, -0.2) is 33.5 Å². The number of anilines is 1. The highest BCUT2D eigenvalue weighted by Crippen LogP contribution is 2.39. The molecule has 156 valence electrons. The Morgan fingerprint density at radius 3 is 2.24 bits per heavy atom. The predicted molar refractivity (Wildman–Crippen MR) is 111 cm³/mol. The van der Waals surface area contributed by atoms with Gasteiger partial charge in [0, 0.05) is 17.8 Å². The van der Waals surface area contributed by atoms with Gasteiger partial charge < -0.3 is 29.6 Å². The minimum atomic E-state index is -0.314. The van der Waals surface area contributed by atoms with Gasteiger partial charge in [-0.25, -0.2) is 4.79 Å². The molecule has 2 aromatic carbocycles. The van der Waals surface area contributed by atoms with E-state index in [0.717, 1.165) is 24.2 Å². The second-order valence-electron chi connectivity index (χ2n) is 6.85. The Morgan fingerprint density at radius 1 is 0.931 bits per heavy atom. The summed E-state index contributed by atoms with van der Waals surface area (Å²) in [5.74, 6) is 2.42. The Kier molecular flexibility index (Phi) is 7.05. The highest BCUT2D eigenvalue weighted by atomic mass is 16.5. The molecule has 0 spiro atoms. The van der Waals surface area contributed by atoms with E-state index in [2.05, 4.69) is 10.6 Å². The monoisotopic (exact) mass is 400 g/mol. The number of rotatable bonds is 8. The Bertz CT molecular complexity index is 817. The van der Waals surface area contributed by atoms with E-state index in [1.165, 1.54) is 12.8 Å². The zero-order valence-corrected chi connectivity index (χ0v) is 17.1. The molecule has 2 amide bonds. The van der Waals surface area contributed by atoms with E-state index in [1.807, 2.05) is 30.3 Å². The van der Waals surface area contributed by atoms with Crippen LogP contribution in [-0.2, 0) is 6.54 Å². The van der Waals surface area contributed by atoms with Crippen molar-refractivity contribution in [2.45, 2.75) is 38.3 Å². The van der Waals surface area contributed by atoms with Crippen molar-refractivity contribution in [1.29, 1.82) is 0 Å². The van der Waals surface area contributed by atoms with Gasteiger partial charge in [0.25, 0.3) is 0 Å². The molecular weight excluding hydrogens is 372 g/mol. The third-order valence-electron chi connectivity index (χ3n) is 4.94. The van der Waals surface area contributed by atoms with E-state index in [0.29, 0.717) is 29.0 Å². The molecule has 1 saturated carbocycles. The van der Waals surface area contributed by atoms with Crippen LogP contribution in [0.4, 0.5) is 10.5 Å². The van der Waals surface area contributed by atoms with Gasteiger partial charge in [0.2, 0.25) is 5.75 Å². The fraction of sp³-hybridized carbons (Fsp3) is 0.409. The molecule has 1 aliphatic rings. The molecule has 0 saturated heterocycles. The molecule has 0 bridgehead atoms. The fourth-order valence-corrected chi connectivity index (χ4v) is 3.47. The number of hydrogen-bond donors (Lipinski definition) is 2. The minimum Gasteiger partial charge on any atom is -0.493 e. The highest BCUT2D eigenvalue weighted by Gasteiger charge is 2.17. The summed E-state index contributed by atoms with van der Waals surface area (Å²) in [6, 6.07) is 10.7. The number of benzene rings is 2. The van der Waals surface area contributed by atoms with Crippen molar-refractivity contribution in [3.8, 4) is 23.0 Å². The molecule has 1 fully saturated rings. The van der Waals surface area contributed by atoms with E-state index in [4.69, 9.17) is 18.9 Å². The van der Waals surface area contributed by atoms with Gasteiger partial charge in [-0.2, -0.15) is 0 Å². The molecule has 29 heavy (non-hydrogen) atoms. The van der Waals surface area contributed by atoms with Crippen molar-refractivity contribution in [2.75, 3.05) is 26.6 Å². The first kappa shape index (κ1) is 20.6. The average Bonchev–Trinajstić information content (AvgIpc) is 3.25. The summed E-state index contributed by atoms with van der Waals surface area (Å²) in [6.07, 6.45) is 5.00. The first-order valence-electron chi connectivity index (χ1n) is 9.74. The van der Waals surface area contributed by atoms with Crippen LogP contribution in [0.15, 0.2) is 36.4 Å². The van der Waals surface area contributed by atoms with Crippen LogP contribution in [0.1, 0.15) is 31.2 Å². The Hall–Kier alpha value is -3.09. The zero-order valence-electron chi connectivity index (χ0n) is 17.1. The molecule has 2 aromatic rings. The number of ether oxygens (including phenoxy) is 4. The summed E-state index contributed by atoms with van der Waals surface area (Å²) >= 11 is 0. The molecular formula is C22H28N2O5. The molecule has 7 heteroatoms. The Balaban J connectivity index is 1.56. The summed E-state index contributed by atoms with van der Waals surface area (Å²) in [5, 5.41) is 5.65. The molecule has 2 N–H and O–H groups in total. The van der Waals surface area contributed by atoms with E-state index in [1.54, 1.807) is 27.4 Å². The van der Waals surface area contributed by atoms with Crippen molar-refractivity contribution in [2.24, 2.45) is 0 Å². The second kappa shape index (κ2) is 9.91. The van der Waals surface area contributed by atoms with E-state index >= 15 is 0 Å². The van der Waals surface area contributed by atoms with Gasteiger partial charge in [0.05, 0.1) is 27.4 Å². The topological polar surface area (TPSA) is 78.1 Å². The number of nitrogens with one attached hydrogen (secondary N) is 2. The first-order valence-corrected chi connectivity index (χ1v) is 9.74. The van der Waals surface area contributed by atoms with Crippen LogP contribution in [0.5, 0.6) is 23.0 Å². The molecule has 3 rings (SSSR count). The number of amides is 2. The largest absolute Gasteiger partial charge is 0.493 e. The number of urea groups is 1. The third-order valence-corrected chi connectivity index (χ3v) is 4.94. The van der Waals surface area contributed by atoms with Crippen molar-refractivity contribution in [3.63, 3.8) is 0 Å². The van der Waals surface area contributed by atoms with Crippen molar-refractivity contribution in [3.05, 3.63) is 42.0 Å². The summed E-state index contributed by atoms with van der Waals surface area (Å²) in [7, 11) is 4.66. The SMILES string of the molecule is COc1ccc(CNC(=O)Nc2ccc(OC3CCCC3)cc2)c(OC)c1OC. The third kappa shape index (κ3) is 5.25. The summed E-state index contributed by atoms with van der Waals surface area (Å²) in [6.45, 7) is 0.276. The summed E-state index contributed by atoms with van der Waals surface area (Å²) in [4.78, 5) is 12.3. The average molecular weight is 400 g/mol. The quantitative estimate of drug-likeness (QED) is 0.689. The molecule has 0 atom stereocenters. The number of carbonyl (C=O) groups excluding carboxylic acids is 1. The van der Waals surface area contributed by atoms with Gasteiger partial charge in [-0.05, 0) is 62.1 Å². The van der Waals surface area contributed by atoms with Crippen LogP contribution in [0, 0.1) is 0 Å². The predicted octanol–water partition coefficient (Wildman–Crippen LogP) is 4.36. The Labute approximate surface area is 171 Å². The maximum Gasteiger partial charge on any atom is 0.319 e. The smallest absolute Gasteiger partial charge is 0.319 e. The van der Waals surface area contributed by atoms with Crippen molar-refractivity contribution in [1.82, 2.24) is 5.32 Å².